The minimum absolute atomic E-state index is 0.221. The lowest BCUT2D eigenvalue weighted by Gasteiger charge is -2.41. The number of hydrogen-bond donors (Lipinski definition) is 1. The Kier molecular flexibility index (Phi) is 4.66. The van der Waals surface area contributed by atoms with Crippen LogP contribution in [0, 0.1) is 0 Å². The van der Waals surface area contributed by atoms with Gasteiger partial charge in [0.05, 0.1) is 24.5 Å². The molecule has 8 nitrogen and oxygen atoms in total. The van der Waals surface area contributed by atoms with Gasteiger partial charge in [-0.25, -0.2) is 9.97 Å². The molecular weight excluding hydrogens is 308 g/mol. The van der Waals surface area contributed by atoms with Gasteiger partial charge in [-0.15, -0.1) is 0 Å². The zero-order valence-corrected chi connectivity index (χ0v) is 13.5. The quantitative estimate of drug-likeness (QED) is 0.866. The molecule has 3 heterocycles. The van der Waals surface area contributed by atoms with Gasteiger partial charge in [-0.3, -0.25) is 14.8 Å². The average Bonchev–Trinajstić information content (AvgIpc) is 2.62. The SMILES string of the molecule is CN(C[C@@]1(O)CCCN(c2cnccn2)C1)C(=O)c1cnccn1. The second-order valence-corrected chi connectivity index (χ2v) is 6.06. The number of aromatic nitrogens is 4. The molecule has 1 fully saturated rings. The standard InChI is InChI=1S/C16H20N6O2/c1-21(15(23)13-9-17-4-6-19-13)11-16(24)3-2-8-22(12-16)14-10-18-5-7-20-14/h4-7,9-10,24H,2-3,8,11-12H2,1H3/t16-/m0/s1. The van der Waals surface area contributed by atoms with Crippen molar-refractivity contribution >= 4 is 11.7 Å². The van der Waals surface area contributed by atoms with Gasteiger partial charge in [0.2, 0.25) is 0 Å². The topological polar surface area (TPSA) is 95.3 Å². The summed E-state index contributed by atoms with van der Waals surface area (Å²) in [4.78, 5) is 32.2. The van der Waals surface area contributed by atoms with Crippen LogP contribution in [0.3, 0.4) is 0 Å². The first-order valence-corrected chi connectivity index (χ1v) is 7.82. The van der Waals surface area contributed by atoms with Gasteiger partial charge in [0, 0.05) is 44.9 Å². The summed E-state index contributed by atoms with van der Waals surface area (Å²) in [5.41, 5.74) is -0.729. The van der Waals surface area contributed by atoms with E-state index in [9.17, 15) is 9.90 Å². The summed E-state index contributed by atoms with van der Waals surface area (Å²) in [6, 6.07) is 0. The van der Waals surface area contributed by atoms with Crippen LogP contribution in [0.5, 0.6) is 0 Å². The number of rotatable bonds is 4. The third-order valence-corrected chi connectivity index (χ3v) is 4.09. The van der Waals surface area contributed by atoms with Crippen LogP contribution < -0.4 is 4.90 Å². The van der Waals surface area contributed by atoms with Crippen LogP contribution in [-0.2, 0) is 0 Å². The molecule has 0 saturated carbocycles. The normalized spacial score (nSPS) is 20.7. The monoisotopic (exact) mass is 328 g/mol. The summed E-state index contributed by atoms with van der Waals surface area (Å²) in [5.74, 6) is 0.478. The summed E-state index contributed by atoms with van der Waals surface area (Å²) in [6.07, 6.45) is 10.8. The van der Waals surface area contributed by atoms with E-state index in [1.807, 2.05) is 4.90 Å². The van der Waals surface area contributed by atoms with Crippen LogP contribution in [0.4, 0.5) is 5.82 Å². The predicted molar refractivity (Wildman–Crippen MR) is 87.4 cm³/mol. The molecular formula is C16H20N6O2. The molecule has 0 spiro atoms. The lowest BCUT2D eigenvalue weighted by atomic mass is 9.92. The van der Waals surface area contributed by atoms with E-state index in [-0.39, 0.29) is 18.1 Å². The van der Waals surface area contributed by atoms with E-state index in [1.54, 1.807) is 25.6 Å². The predicted octanol–water partition coefficient (Wildman–Crippen LogP) is 0.370. The number of aliphatic hydroxyl groups is 1. The first-order valence-electron chi connectivity index (χ1n) is 7.82. The highest BCUT2D eigenvalue weighted by atomic mass is 16.3. The molecule has 0 aliphatic carbocycles. The van der Waals surface area contributed by atoms with Crippen LogP contribution in [0.1, 0.15) is 23.3 Å². The second-order valence-electron chi connectivity index (χ2n) is 6.06. The molecule has 24 heavy (non-hydrogen) atoms. The molecule has 0 radical (unpaired) electrons. The van der Waals surface area contributed by atoms with E-state index in [0.29, 0.717) is 13.0 Å². The third kappa shape index (κ3) is 3.65. The Balaban J connectivity index is 1.68. The van der Waals surface area contributed by atoms with Crippen LogP contribution in [0.25, 0.3) is 0 Å². The summed E-state index contributed by atoms with van der Waals surface area (Å²) in [6.45, 7) is 1.44. The molecule has 1 saturated heterocycles. The maximum absolute atomic E-state index is 12.4. The van der Waals surface area contributed by atoms with Gasteiger partial charge >= 0.3 is 0 Å². The Labute approximate surface area is 140 Å². The molecule has 8 heteroatoms. The highest BCUT2D eigenvalue weighted by Crippen LogP contribution is 2.25. The fourth-order valence-corrected chi connectivity index (χ4v) is 3.01. The molecule has 0 bridgehead atoms. The molecule has 1 amide bonds. The fraction of sp³-hybridized carbons (Fsp3) is 0.438. The van der Waals surface area contributed by atoms with Crippen molar-refractivity contribution in [1.29, 1.82) is 0 Å². The number of nitrogens with zero attached hydrogens (tertiary/aromatic N) is 6. The molecule has 0 unspecified atom stereocenters. The van der Waals surface area contributed by atoms with Crippen molar-refractivity contribution in [3.05, 3.63) is 42.9 Å². The highest BCUT2D eigenvalue weighted by Gasteiger charge is 2.36. The number of carbonyl (C=O) groups excluding carboxylic acids is 1. The molecule has 3 rings (SSSR count). The maximum Gasteiger partial charge on any atom is 0.273 e. The minimum atomic E-state index is -0.998. The molecule has 126 valence electrons. The smallest absolute Gasteiger partial charge is 0.273 e. The van der Waals surface area contributed by atoms with Crippen molar-refractivity contribution in [2.45, 2.75) is 18.4 Å². The first kappa shape index (κ1) is 16.3. The van der Waals surface area contributed by atoms with Gasteiger partial charge in [-0.2, -0.15) is 0 Å². The Bertz CT molecular complexity index is 683. The molecule has 1 aliphatic heterocycles. The highest BCUT2D eigenvalue weighted by molar-refractivity contribution is 5.91. The van der Waals surface area contributed by atoms with Crippen LogP contribution in [0.15, 0.2) is 37.2 Å². The number of piperidine rings is 1. The molecule has 1 N–H and O–H groups in total. The molecule has 2 aromatic rings. The van der Waals surface area contributed by atoms with Crippen molar-refractivity contribution in [1.82, 2.24) is 24.8 Å². The van der Waals surface area contributed by atoms with Crippen LogP contribution in [0.2, 0.25) is 0 Å². The van der Waals surface area contributed by atoms with E-state index in [4.69, 9.17) is 0 Å². The van der Waals surface area contributed by atoms with Crippen molar-refractivity contribution in [3.63, 3.8) is 0 Å². The van der Waals surface area contributed by atoms with E-state index in [1.165, 1.54) is 23.5 Å². The molecule has 1 atom stereocenters. The van der Waals surface area contributed by atoms with Crippen molar-refractivity contribution < 1.29 is 9.90 Å². The van der Waals surface area contributed by atoms with Crippen molar-refractivity contribution in [3.8, 4) is 0 Å². The maximum atomic E-state index is 12.4. The minimum Gasteiger partial charge on any atom is -0.386 e. The molecule has 1 aliphatic rings. The van der Waals surface area contributed by atoms with E-state index in [2.05, 4.69) is 19.9 Å². The first-order chi connectivity index (χ1) is 11.6. The Morgan fingerprint density at radius 1 is 1.25 bits per heavy atom. The van der Waals surface area contributed by atoms with E-state index >= 15 is 0 Å². The molecule has 2 aromatic heterocycles. The summed E-state index contributed by atoms with van der Waals surface area (Å²) in [7, 11) is 1.66. The number of β-amino-alcohol motifs (C(OH)–C–C–N with tert-alkyl or cyclic N) is 1. The summed E-state index contributed by atoms with van der Waals surface area (Å²) in [5, 5.41) is 10.9. The number of anilines is 1. The number of carbonyl (C=O) groups is 1. The third-order valence-electron chi connectivity index (χ3n) is 4.09. The van der Waals surface area contributed by atoms with Gasteiger partial charge in [-0.05, 0) is 12.8 Å². The van der Waals surface area contributed by atoms with Crippen LogP contribution >= 0.6 is 0 Å². The zero-order valence-electron chi connectivity index (χ0n) is 13.5. The van der Waals surface area contributed by atoms with Gasteiger partial charge in [0.1, 0.15) is 11.5 Å². The van der Waals surface area contributed by atoms with Gasteiger partial charge in [-0.1, -0.05) is 0 Å². The Morgan fingerprint density at radius 2 is 2.00 bits per heavy atom. The largest absolute Gasteiger partial charge is 0.386 e. The lowest BCUT2D eigenvalue weighted by Crippen LogP contribution is -2.55. The van der Waals surface area contributed by atoms with Gasteiger partial charge in [0.15, 0.2) is 0 Å². The van der Waals surface area contributed by atoms with Crippen LogP contribution in [-0.4, -0.2) is 68.1 Å². The van der Waals surface area contributed by atoms with E-state index < -0.39 is 5.60 Å². The van der Waals surface area contributed by atoms with Crippen molar-refractivity contribution in [2.75, 3.05) is 31.6 Å². The average molecular weight is 328 g/mol. The van der Waals surface area contributed by atoms with Crippen molar-refractivity contribution in [2.24, 2.45) is 0 Å². The summed E-state index contributed by atoms with van der Waals surface area (Å²) < 4.78 is 0. The molecule has 0 aromatic carbocycles. The zero-order chi connectivity index (χ0) is 17.0. The van der Waals surface area contributed by atoms with E-state index in [0.717, 1.165) is 18.8 Å². The second kappa shape index (κ2) is 6.88. The Morgan fingerprint density at radius 3 is 2.67 bits per heavy atom. The fourth-order valence-electron chi connectivity index (χ4n) is 3.01. The van der Waals surface area contributed by atoms with Gasteiger partial charge in [0.25, 0.3) is 5.91 Å². The number of hydrogen-bond acceptors (Lipinski definition) is 7. The summed E-state index contributed by atoms with van der Waals surface area (Å²) >= 11 is 0. The number of likely N-dealkylation sites (N-methyl/N-ethyl adjacent to an activating group) is 1. The Hall–Kier alpha value is -2.61. The van der Waals surface area contributed by atoms with Gasteiger partial charge < -0.3 is 14.9 Å². The lowest BCUT2D eigenvalue weighted by molar-refractivity contribution is -0.000302. The number of amides is 1.